The molecule has 0 saturated heterocycles. The van der Waals surface area contributed by atoms with Gasteiger partial charge in [0.25, 0.3) is 5.91 Å². The lowest BCUT2D eigenvalue weighted by atomic mass is 9.55. The molecule has 6 unspecified atom stereocenters. The highest BCUT2D eigenvalue weighted by atomic mass is 19.4. The zero-order chi connectivity index (χ0) is 25.3. The summed E-state index contributed by atoms with van der Waals surface area (Å²) in [6.45, 7) is 2.24. The molecule has 1 N–H and O–H groups in total. The molecule has 0 radical (unpaired) electrons. The van der Waals surface area contributed by atoms with Gasteiger partial charge in [-0.2, -0.15) is 13.2 Å². The summed E-state index contributed by atoms with van der Waals surface area (Å²) in [6.07, 6.45) is 3.34. The van der Waals surface area contributed by atoms with Gasteiger partial charge in [0.2, 0.25) is 0 Å². The van der Waals surface area contributed by atoms with E-state index in [1.165, 1.54) is 38.5 Å². The molecular weight excluding hydrogens is 471 g/mol. The summed E-state index contributed by atoms with van der Waals surface area (Å²) in [5.74, 6) is 0.0582. The van der Waals surface area contributed by atoms with E-state index in [-0.39, 0.29) is 24.3 Å². The highest BCUT2D eigenvalue weighted by Gasteiger charge is 2.70. The molecule has 6 atom stereocenters. The Bertz CT molecular complexity index is 1210. The Hall–Kier alpha value is -2.58. The van der Waals surface area contributed by atoms with Gasteiger partial charge in [-0.05, 0) is 86.2 Å². The van der Waals surface area contributed by atoms with E-state index in [0.717, 1.165) is 17.8 Å². The van der Waals surface area contributed by atoms with Gasteiger partial charge >= 0.3 is 12.1 Å². The number of aromatic nitrogens is 2. The molecule has 4 aliphatic rings. The maximum atomic E-state index is 13.3. The molecule has 4 aliphatic carbocycles. The van der Waals surface area contributed by atoms with Gasteiger partial charge in [0.05, 0.1) is 24.6 Å². The molecule has 2 aromatic heterocycles. The van der Waals surface area contributed by atoms with Crippen LogP contribution in [0.25, 0.3) is 5.65 Å². The maximum absolute atomic E-state index is 13.3. The van der Waals surface area contributed by atoms with E-state index >= 15 is 0 Å². The topological polar surface area (TPSA) is 72.7 Å². The minimum atomic E-state index is -4.50. The van der Waals surface area contributed by atoms with Gasteiger partial charge in [-0.25, -0.2) is 4.98 Å². The molecule has 9 heteroatoms. The van der Waals surface area contributed by atoms with Crippen LogP contribution in [0.1, 0.15) is 68.1 Å². The third kappa shape index (κ3) is 3.89. The normalized spacial score (nSPS) is 32.8. The molecule has 194 valence electrons. The van der Waals surface area contributed by atoms with Crippen LogP contribution in [0.15, 0.2) is 24.4 Å². The summed E-state index contributed by atoms with van der Waals surface area (Å²) in [7, 11) is 0. The largest absolute Gasteiger partial charge is 0.466 e. The molecule has 36 heavy (non-hydrogen) atoms. The first-order chi connectivity index (χ1) is 17.1. The van der Waals surface area contributed by atoms with Crippen molar-refractivity contribution in [3.05, 3.63) is 35.8 Å². The van der Waals surface area contributed by atoms with E-state index in [0.29, 0.717) is 29.0 Å². The number of alkyl halides is 3. The molecule has 1 spiro atoms. The monoisotopic (exact) mass is 503 g/mol. The van der Waals surface area contributed by atoms with Gasteiger partial charge in [-0.15, -0.1) is 0 Å². The van der Waals surface area contributed by atoms with Gasteiger partial charge in [-0.3, -0.25) is 14.0 Å². The summed E-state index contributed by atoms with van der Waals surface area (Å²) < 4.78 is 45.7. The summed E-state index contributed by atoms with van der Waals surface area (Å²) >= 11 is 0. The van der Waals surface area contributed by atoms with Gasteiger partial charge in [-0.1, -0.05) is 6.07 Å². The first-order valence-corrected chi connectivity index (χ1v) is 13.1. The number of ether oxygens (including phenoxy) is 1. The first kappa shape index (κ1) is 23.8. The summed E-state index contributed by atoms with van der Waals surface area (Å²) in [4.78, 5) is 29.8. The fourth-order valence-electron chi connectivity index (χ4n) is 8.48. The zero-order valence-corrected chi connectivity index (χ0v) is 20.4. The third-order valence-electron chi connectivity index (χ3n) is 9.54. The Labute approximate surface area is 208 Å². The maximum Gasteiger partial charge on any atom is 0.389 e. The minimum Gasteiger partial charge on any atom is -0.466 e. The minimum absolute atomic E-state index is 0.00738. The Kier molecular flexibility index (Phi) is 5.43. The van der Waals surface area contributed by atoms with Crippen molar-refractivity contribution >= 4 is 17.5 Å². The van der Waals surface area contributed by atoms with Crippen LogP contribution < -0.4 is 5.32 Å². The van der Waals surface area contributed by atoms with Crippen LogP contribution in [0.3, 0.4) is 0 Å². The quantitative estimate of drug-likeness (QED) is 0.517. The van der Waals surface area contributed by atoms with Crippen molar-refractivity contribution in [3.63, 3.8) is 0 Å². The molecule has 0 aliphatic heterocycles. The molecule has 2 heterocycles. The number of amides is 1. The highest BCUT2D eigenvalue weighted by molar-refractivity contribution is 5.93. The second kappa shape index (κ2) is 8.21. The van der Waals surface area contributed by atoms with E-state index in [1.807, 2.05) is 0 Å². The fourth-order valence-corrected chi connectivity index (χ4v) is 8.48. The van der Waals surface area contributed by atoms with Crippen molar-refractivity contribution in [2.75, 3.05) is 13.2 Å². The number of carbonyl (C=O) groups excluding carboxylic acids is 2. The summed E-state index contributed by atoms with van der Waals surface area (Å²) in [5, 5.41) is 3.19. The van der Waals surface area contributed by atoms with Crippen molar-refractivity contribution in [1.82, 2.24) is 14.7 Å². The van der Waals surface area contributed by atoms with Crippen LogP contribution in [0.5, 0.6) is 0 Å². The molecule has 4 fully saturated rings. The predicted octanol–water partition coefficient (Wildman–Crippen LogP) is 4.95. The molecule has 6 rings (SSSR count). The molecule has 0 aromatic carbocycles. The Balaban J connectivity index is 1.18. The van der Waals surface area contributed by atoms with E-state index in [1.54, 1.807) is 35.7 Å². The van der Waals surface area contributed by atoms with Gasteiger partial charge in [0, 0.05) is 19.2 Å². The van der Waals surface area contributed by atoms with Gasteiger partial charge in [0.15, 0.2) is 0 Å². The van der Waals surface area contributed by atoms with E-state index in [9.17, 15) is 22.8 Å². The predicted molar refractivity (Wildman–Crippen MR) is 125 cm³/mol. The number of imidazole rings is 1. The molecular formula is C27H32F3N3O3. The van der Waals surface area contributed by atoms with Crippen molar-refractivity contribution in [2.24, 2.45) is 34.5 Å². The zero-order valence-electron chi connectivity index (χ0n) is 20.4. The first-order valence-electron chi connectivity index (χ1n) is 13.1. The summed E-state index contributed by atoms with van der Waals surface area (Å²) in [6, 6.07) is 5.12. The number of nitrogens with one attached hydrogen (secondary N) is 1. The number of rotatable bonds is 8. The second-order valence-electron chi connectivity index (χ2n) is 11.8. The number of fused-ring (bicyclic) bond motifs is 3. The Morgan fingerprint density at radius 3 is 2.83 bits per heavy atom. The highest BCUT2D eigenvalue weighted by Crippen LogP contribution is 2.78. The molecule has 1 amide bonds. The lowest BCUT2D eigenvalue weighted by molar-refractivity contribution is -0.167. The average molecular weight is 504 g/mol. The Morgan fingerprint density at radius 1 is 1.22 bits per heavy atom. The van der Waals surface area contributed by atoms with Crippen LogP contribution in [-0.4, -0.2) is 40.6 Å². The van der Waals surface area contributed by atoms with E-state index in [2.05, 4.69) is 10.3 Å². The van der Waals surface area contributed by atoms with Crippen LogP contribution in [0, 0.1) is 34.5 Å². The van der Waals surface area contributed by atoms with Crippen LogP contribution in [0.4, 0.5) is 13.2 Å². The van der Waals surface area contributed by atoms with Gasteiger partial charge < -0.3 is 10.1 Å². The SMILES string of the molecule is CCOC(=O)C(Cc1cn2c(C(=O)NCC34CC5CC6CC(C3)C6(C5)C4)cccc2n1)CC(F)(F)F. The number of pyridine rings is 1. The fraction of sp³-hybridized carbons (Fsp3) is 0.667. The number of hydrogen-bond donors (Lipinski definition) is 1. The molecule has 6 nitrogen and oxygen atoms in total. The number of hydrogen-bond acceptors (Lipinski definition) is 4. The summed E-state index contributed by atoms with van der Waals surface area (Å²) in [5.41, 5.74) is 1.92. The van der Waals surface area contributed by atoms with Crippen LogP contribution in [0.2, 0.25) is 0 Å². The number of nitrogens with zero attached hydrogens (tertiary/aromatic N) is 2. The Morgan fingerprint density at radius 2 is 2.06 bits per heavy atom. The second-order valence-corrected chi connectivity index (χ2v) is 11.8. The smallest absolute Gasteiger partial charge is 0.389 e. The van der Waals surface area contributed by atoms with E-state index < -0.39 is 24.5 Å². The van der Waals surface area contributed by atoms with Crippen LogP contribution >= 0.6 is 0 Å². The van der Waals surface area contributed by atoms with Crippen molar-refractivity contribution in [2.45, 2.75) is 64.5 Å². The van der Waals surface area contributed by atoms with E-state index in [4.69, 9.17) is 4.74 Å². The van der Waals surface area contributed by atoms with Crippen LogP contribution in [-0.2, 0) is 16.0 Å². The van der Waals surface area contributed by atoms with Gasteiger partial charge in [0.1, 0.15) is 11.3 Å². The lowest BCUT2D eigenvalue weighted by Crippen LogP contribution is -2.43. The molecule has 4 saturated carbocycles. The number of esters is 1. The average Bonchev–Trinajstić information content (AvgIpc) is 3.36. The number of halogens is 3. The lowest BCUT2D eigenvalue weighted by Gasteiger charge is -2.49. The number of carbonyl (C=O) groups is 2. The van der Waals surface area contributed by atoms with Crippen molar-refractivity contribution in [3.8, 4) is 0 Å². The molecule has 2 aromatic rings. The molecule has 3 bridgehead atoms. The van der Waals surface area contributed by atoms with Crippen molar-refractivity contribution < 1.29 is 27.5 Å². The van der Waals surface area contributed by atoms with Crippen molar-refractivity contribution in [1.29, 1.82) is 0 Å². The third-order valence-corrected chi connectivity index (χ3v) is 9.54. The standard InChI is InChI=1S/C27H32F3N3O3/c1-2-36-24(35)17(11-27(28,29)30)7-20-13-33-21(4-3-5-22(33)32-20)23(34)31-15-25-9-16-6-18-8-19(12-25)26(18,10-16)14-25/h3-5,13,16-19H,2,6-12,14-15H2,1H3,(H,31,34).